The van der Waals surface area contributed by atoms with Crippen LogP contribution < -0.4 is 5.32 Å². The number of nitrogens with one attached hydrogen (secondary N) is 1. The van der Waals surface area contributed by atoms with E-state index in [-0.39, 0.29) is 24.2 Å². The number of aliphatic hydroxyl groups excluding tert-OH is 1. The fraction of sp³-hybridized carbons (Fsp3) is 0.652. The molecular weight excluding hydrogens is 530 g/mol. The molecule has 2 aliphatic heterocycles. The van der Waals surface area contributed by atoms with Crippen molar-refractivity contribution in [3.8, 4) is 0 Å². The van der Waals surface area contributed by atoms with Gasteiger partial charge in [-0.15, -0.1) is 0 Å². The van der Waals surface area contributed by atoms with Crippen LogP contribution in [-0.4, -0.2) is 75.9 Å². The highest BCUT2D eigenvalue weighted by atomic mass is 79.9. The maximum absolute atomic E-state index is 15.1. The van der Waals surface area contributed by atoms with Crippen LogP contribution >= 0.6 is 15.9 Å². The van der Waals surface area contributed by atoms with Crippen molar-refractivity contribution in [1.29, 1.82) is 0 Å². The molecule has 2 N–H and O–H groups in total. The molecule has 2 amide bonds. The summed E-state index contributed by atoms with van der Waals surface area (Å²) in [6.07, 6.45) is 3.97. The topological polar surface area (TPSA) is 116 Å². The number of rotatable bonds is 5. The number of nitrogens with zero attached hydrogens (tertiary/aromatic N) is 3. The van der Waals surface area contributed by atoms with Gasteiger partial charge in [0.2, 0.25) is 5.91 Å². The SMILES string of the molecule is O=C(c1cc(Br)cc([N+](=O)[O-])c1N[C@H]1CN(C(=O)[C@@H]2CCC[C@@H](O)C2)CC1(F)F)N1CCCCC1. The zero-order valence-electron chi connectivity index (χ0n) is 19.2. The molecule has 1 saturated carbocycles. The first-order valence-corrected chi connectivity index (χ1v) is 12.7. The molecule has 4 rings (SSSR count). The van der Waals surface area contributed by atoms with E-state index in [1.165, 1.54) is 12.1 Å². The van der Waals surface area contributed by atoms with E-state index in [9.17, 15) is 24.8 Å². The average Bonchev–Trinajstić information content (AvgIpc) is 3.13. The van der Waals surface area contributed by atoms with Crippen molar-refractivity contribution in [3.05, 3.63) is 32.3 Å². The normalized spacial score (nSPS) is 26.5. The highest BCUT2D eigenvalue weighted by molar-refractivity contribution is 9.10. The van der Waals surface area contributed by atoms with Crippen LogP contribution in [0.15, 0.2) is 16.6 Å². The Bertz CT molecular complexity index is 1000. The first-order valence-electron chi connectivity index (χ1n) is 11.9. The molecule has 1 aromatic carbocycles. The number of hydrogen-bond acceptors (Lipinski definition) is 6. The Morgan fingerprint density at radius 3 is 2.51 bits per heavy atom. The number of hydrogen-bond donors (Lipinski definition) is 2. The highest BCUT2D eigenvalue weighted by Gasteiger charge is 2.51. The summed E-state index contributed by atoms with van der Waals surface area (Å²) >= 11 is 3.20. The maximum atomic E-state index is 15.1. The van der Waals surface area contributed by atoms with Crippen molar-refractivity contribution >= 4 is 39.1 Å². The van der Waals surface area contributed by atoms with Gasteiger partial charge in [-0.2, -0.15) is 0 Å². The molecule has 1 aliphatic carbocycles. The van der Waals surface area contributed by atoms with Gasteiger partial charge in [-0.3, -0.25) is 19.7 Å². The molecule has 0 radical (unpaired) electrons. The number of piperidine rings is 1. The van der Waals surface area contributed by atoms with Gasteiger partial charge in [0.15, 0.2) is 0 Å². The molecule has 35 heavy (non-hydrogen) atoms. The van der Waals surface area contributed by atoms with Gasteiger partial charge in [-0.25, -0.2) is 8.78 Å². The van der Waals surface area contributed by atoms with Gasteiger partial charge in [-0.05, 0) is 44.6 Å². The predicted molar refractivity (Wildman–Crippen MR) is 127 cm³/mol. The third kappa shape index (κ3) is 5.58. The largest absolute Gasteiger partial charge is 0.393 e. The van der Waals surface area contributed by atoms with E-state index >= 15 is 8.78 Å². The minimum atomic E-state index is -3.37. The van der Waals surface area contributed by atoms with Crippen LogP contribution in [0, 0.1) is 16.0 Å². The zero-order chi connectivity index (χ0) is 25.3. The van der Waals surface area contributed by atoms with Gasteiger partial charge >= 0.3 is 0 Å². The molecule has 3 aliphatic rings. The van der Waals surface area contributed by atoms with Crippen LogP contribution in [0.1, 0.15) is 55.3 Å². The Morgan fingerprint density at radius 1 is 1.14 bits per heavy atom. The second kappa shape index (κ2) is 10.3. The van der Waals surface area contributed by atoms with Crippen LogP contribution in [0.5, 0.6) is 0 Å². The summed E-state index contributed by atoms with van der Waals surface area (Å²) in [5.74, 6) is -4.79. The van der Waals surface area contributed by atoms with E-state index in [4.69, 9.17) is 0 Å². The predicted octanol–water partition coefficient (Wildman–Crippen LogP) is 3.79. The number of aliphatic hydroxyl groups is 1. The summed E-state index contributed by atoms with van der Waals surface area (Å²) in [6, 6.07) is 0.980. The summed E-state index contributed by atoms with van der Waals surface area (Å²) in [5.41, 5.74) is -0.805. The number of carbonyl (C=O) groups excluding carboxylic acids is 2. The highest BCUT2D eigenvalue weighted by Crippen LogP contribution is 2.39. The number of halogens is 3. The molecule has 12 heteroatoms. The van der Waals surface area contributed by atoms with E-state index in [2.05, 4.69) is 21.2 Å². The molecule has 0 aromatic heterocycles. The molecule has 0 bridgehead atoms. The third-order valence-corrected chi connectivity index (χ3v) is 7.55. The minimum Gasteiger partial charge on any atom is -0.393 e. The van der Waals surface area contributed by atoms with Gasteiger partial charge in [0.1, 0.15) is 11.7 Å². The molecule has 1 aromatic rings. The number of benzene rings is 1. The van der Waals surface area contributed by atoms with Crippen LogP contribution in [0.3, 0.4) is 0 Å². The number of likely N-dealkylation sites (tertiary alicyclic amines) is 2. The van der Waals surface area contributed by atoms with E-state index in [0.29, 0.717) is 36.8 Å². The Balaban J connectivity index is 1.61. The number of nitro benzene ring substituents is 1. The van der Waals surface area contributed by atoms with Gasteiger partial charge in [0.05, 0.1) is 23.1 Å². The second-order valence-corrected chi connectivity index (χ2v) is 10.6. The van der Waals surface area contributed by atoms with Gasteiger partial charge in [0, 0.05) is 36.1 Å². The van der Waals surface area contributed by atoms with Crippen molar-refractivity contribution in [3.63, 3.8) is 0 Å². The van der Waals surface area contributed by atoms with Crippen molar-refractivity contribution in [2.75, 3.05) is 31.5 Å². The molecule has 3 atom stereocenters. The van der Waals surface area contributed by atoms with Crippen molar-refractivity contribution < 1.29 is 28.4 Å². The fourth-order valence-corrected chi connectivity index (χ4v) is 5.69. The van der Waals surface area contributed by atoms with Crippen molar-refractivity contribution in [1.82, 2.24) is 9.80 Å². The standard InChI is InChI=1S/C23H29BrF2N4O5/c24-15-10-17(22(33)28-7-2-1-3-8-28)20(18(11-15)30(34)35)27-19-12-29(13-23(19,25)26)21(32)14-5-4-6-16(31)9-14/h10-11,14,16,19,27,31H,1-9,12-13H2/t14-,16-,19+/m1/s1. The molecule has 2 heterocycles. The minimum absolute atomic E-state index is 0.0519. The molecule has 192 valence electrons. The zero-order valence-corrected chi connectivity index (χ0v) is 20.8. The quantitative estimate of drug-likeness (QED) is 0.419. The molecular formula is C23H29BrF2N4O5. The molecule has 2 saturated heterocycles. The molecule has 0 spiro atoms. The first-order chi connectivity index (χ1) is 16.6. The third-order valence-electron chi connectivity index (χ3n) is 7.09. The lowest BCUT2D eigenvalue weighted by Crippen LogP contribution is -2.40. The number of alkyl halides is 2. The lowest BCUT2D eigenvalue weighted by Gasteiger charge is -2.29. The van der Waals surface area contributed by atoms with Crippen molar-refractivity contribution in [2.24, 2.45) is 5.92 Å². The van der Waals surface area contributed by atoms with Gasteiger partial charge < -0.3 is 20.2 Å². The van der Waals surface area contributed by atoms with Gasteiger partial charge in [0.25, 0.3) is 17.5 Å². The van der Waals surface area contributed by atoms with Crippen molar-refractivity contribution in [2.45, 2.75) is 63.0 Å². The van der Waals surface area contributed by atoms with Crippen LogP contribution in [0.2, 0.25) is 0 Å². The summed E-state index contributed by atoms with van der Waals surface area (Å²) in [6.45, 7) is -0.194. The van der Waals surface area contributed by atoms with E-state index in [0.717, 1.165) is 24.2 Å². The summed E-state index contributed by atoms with van der Waals surface area (Å²) < 4.78 is 30.4. The number of anilines is 1. The van der Waals surface area contributed by atoms with E-state index < -0.39 is 53.0 Å². The number of amides is 2. The first kappa shape index (κ1) is 25.7. The average molecular weight is 559 g/mol. The summed E-state index contributed by atoms with van der Waals surface area (Å²) in [5, 5.41) is 24.3. The van der Waals surface area contributed by atoms with Crippen LogP contribution in [0.25, 0.3) is 0 Å². The second-order valence-electron chi connectivity index (χ2n) is 9.65. The Labute approximate surface area is 210 Å². The smallest absolute Gasteiger partial charge is 0.294 e. The number of carbonyl (C=O) groups is 2. The molecule has 3 fully saturated rings. The molecule has 9 nitrogen and oxygen atoms in total. The summed E-state index contributed by atoms with van der Waals surface area (Å²) in [7, 11) is 0. The monoisotopic (exact) mass is 558 g/mol. The van der Waals surface area contributed by atoms with E-state index in [1.807, 2.05) is 0 Å². The van der Waals surface area contributed by atoms with Gasteiger partial charge in [-0.1, -0.05) is 22.4 Å². The Hall–Kier alpha value is -2.34. The van der Waals surface area contributed by atoms with Crippen LogP contribution in [-0.2, 0) is 4.79 Å². The number of nitro groups is 1. The lowest BCUT2D eigenvalue weighted by molar-refractivity contribution is -0.384. The molecule has 0 unspecified atom stereocenters. The maximum Gasteiger partial charge on any atom is 0.294 e. The van der Waals surface area contributed by atoms with Crippen LogP contribution in [0.4, 0.5) is 20.2 Å². The lowest BCUT2D eigenvalue weighted by atomic mass is 9.86. The fourth-order valence-electron chi connectivity index (χ4n) is 5.25. The Kier molecular flexibility index (Phi) is 7.60. The summed E-state index contributed by atoms with van der Waals surface area (Å²) in [4.78, 5) is 39.9. The van der Waals surface area contributed by atoms with E-state index in [1.54, 1.807) is 4.90 Å². The Morgan fingerprint density at radius 2 is 1.86 bits per heavy atom.